The van der Waals surface area contributed by atoms with Gasteiger partial charge in [0.2, 0.25) is 0 Å². The van der Waals surface area contributed by atoms with Gasteiger partial charge in [0.1, 0.15) is 5.82 Å². The Morgan fingerprint density at radius 1 is 1.11 bits per heavy atom. The molecule has 0 bridgehead atoms. The zero-order valence-electron chi connectivity index (χ0n) is 9.70. The van der Waals surface area contributed by atoms with E-state index in [4.69, 9.17) is 17.3 Å². The van der Waals surface area contributed by atoms with Gasteiger partial charge in [0.05, 0.1) is 0 Å². The second kappa shape index (κ2) is 6.23. The molecular weight excluding hydrogens is 269 g/mol. The standard InChI is InChI=1S/C14H13ClFNS/c15-12-3-1-10(2-4-12)9-18-14-6-5-13(16)7-11(14)8-17/h1-7H,8-9,17H2. The quantitative estimate of drug-likeness (QED) is 0.849. The summed E-state index contributed by atoms with van der Waals surface area (Å²) in [7, 11) is 0. The summed E-state index contributed by atoms with van der Waals surface area (Å²) in [6.07, 6.45) is 0. The van der Waals surface area contributed by atoms with Crippen LogP contribution in [0.5, 0.6) is 0 Å². The number of benzene rings is 2. The third-order valence-electron chi connectivity index (χ3n) is 2.55. The minimum Gasteiger partial charge on any atom is -0.326 e. The van der Waals surface area contributed by atoms with Crippen LogP contribution in [0.25, 0.3) is 0 Å². The van der Waals surface area contributed by atoms with E-state index in [-0.39, 0.29) is 5.82 Å². The summed E-state index contributed by atoms with van der Waals surface area (Å²) in [6.45, 7) is 0.348. The first kappa shape index (κ1) is 13.4. The Morgan fingerprint density at radius 3 is 2.50 bits per heavy atom. The molecule has 2 aromatic carbocycles. The number of halogens is 2. The smallest absolute Gasteiger partial charge is 0.123 e. The number of rotatable bonds is 4. The molecule has 0 aliphatic heterocycles. The van der Waals surface area contributed by atoms with Gasteiger partial charge in [-0.15, -0.1) is 11.8 Å². The molecular formula is C14H13ClFNS. The number of hydrogen-bond donors (Lipinski definition) is 1. The van der Waals surface area contributed by atoms with Crippen molar-refractivity contribution in [2.45, 2.75) is 17.2 Å². The molecule has 1 nitrogen and oxygen atoms in total. The lowest BCUT2D eigenvalue weighted by Gasteiger charge is -2.07. The molecule has 0 unspecified atom stereocenters. The van der Waals surface area contributed by atoms with Crippen molar-refractivity contribution in [2.75, 3.05) is 0 Å². The lowest BCUT2D eigenvalue weighted by Crippen LogP contribution is -1.99. The predicted octanol–water partition coefficient (Wildman–Crippen LogP) is 4.23. The average molecular weight is 282 g/mol. The highest BCUT2D eigenvalue weighted by Crippen LogP contribution is 2.27. The van der Waals surface area contributed by atoms with E-state index in [1.54, 1.807) is 17.8 Å². The van der Waals surface area contributed by atoms with Crippen molar-refractivity contribution in [3.8, 4) is 0 Å². The van der Waals surface area contributed by atoms with E-state index in [0.717, 1.165) is 21.2 Å². The predicted molar refractivity (Wildman–Crippen MR) is 75.3 cm³/mol. The van der Waals surface area contributed by atoms with E-state index in [2.05, 4.69) is 0 Å². The Hall–Kier alpha value is -1.03. The first-order valence-electron chi connectivity index (χ1n) is 5.55. The van der Waals surface area contributed by atoms with Crippen molar-refractivity contribution < 1.29 is 4.39 Å². The Morgan fingerprint density at radius 2 is 1.83 bits per heavy atom. The van der Waals surface area contributed by atoms with Crippen LogP contribution in [0.15, 0.2) is 47.4 Å². The molecule has 0 aliphatic rings. The van der Waals surface area contributed by atoms with E-state index >= 15 is 0 Å². The van der Waals surface area contributed by atoms with Crippen LogP contribution in [0.3, 0.4) is 0 Å². The van der Waals surface area contributed by atoms with Gasteiger partial charge >= 0.3 is 0 Å². The van der Waals surface area contributed by atoms with Crippen molar-refractivity contribution in [3.05, 3.63) is 64.4 Å². The molecule has 0 saturated heterocycles. The lowest BCUT2D eigenvalue weighted by molar-refractivity contribution is 0.623. The second-order valence-electron chi connectivity index (χ2n) is 3.87. The summed E-state index contributed by atoms with van der Waals surface area (Å²) in [4.78, 5) is 1.02. The van der Waals surface area contributed by atoms with Gasteiger partial charge < -0.3 is 5.73 Å². The molecule has 0 aliphatic carbocycles. The fourth-order valence-electron chi connectivity index (χ4n) is 1.59. The topological polar surface area (TPSA) is 26.0 Å². The summed E-state index contributed by atoms with van der Waals surface area (Å²) in [5.74, 6) is 0.571. The number of hydrogen-bond acceptors (Lipinski definition) is 2. The van der Waals surface area contributed by atoms with Gasteiger partial charge in [-0.3, -0.25) is 0 Å². The van der Waals surface area contributed by atoms with Crippen LogP contribution in [-0.2, 0) is 12.3 Å². The van der Waals surface area contributed by atoms with Crippen LogP contribution in [0, 0.1) is 5.82 Å². The molecule has 4 heteroatoms. The van der Waals surface area contributed by atoms with E-state index in [0.29, 0.717) is 6.54 Å². The molecule has 0 amide bonds. The molecule has 0 atom stereocenters. The van der Waals surface area contributed by atoms with Crippen LogP contribution in [0.2, 0.25) is 5.02 Å². The number of nitrogens with two attached hydrogens (primary N) is 1. The van der Waals surface area contributed by atoms with Crippen molar-refractivity contribution in [2.24, 2.45) is 5.73 Å². The van der Waals surface area contributed by atoms with Crippen LogP contribution in [0.1, 0.15) is 11.1 Å². The Balaban J connectivity index is 2.08. The van der Waals surface area contributed by atoms with Crippen molar-refractivity contribution in [1.82, 2.24) is 0 Å². The van der Waals surface area contributed by atoms with Crippen LogP contribution in [-0.4, -0.2) is 0 Å². The zero-order chi connectivity index (χ0) is 13.0. The largest absolute Gasteiger partial charge is 0.326 e. The van der Waals surface area contributed by atoms with Crippen LogP contribution < -0.4 is 5.73 Å². The molecule has 0 saturated carbocycles. The first-order valence-corrected chi connectivity index (χ1v) is 6.91. The highest BCUT2D eigenvalue weighted by Gasteiger charge is 2.04. The lowest BCUT2D eigenvalue weighted by atomic mass is 10.2. The van der Waals surface area contributed by atoms with E-state index in [1.807, 2.05) is 24.3 Å². The SMILES string of the molecule is NCc1cc(F)ccc1SCc1ccc(Cl)cc1. The van der Waals surface area contributed by atoms with Gasteiger partial charge in [-0.2, -0.15) is 0 Å². The van der Waals surface area contributed by atoms with Crippen molar-refractivity contribution in [3.63, 3.8) is 0 Å². The molecule has 2 rings (SSSR count). The maximum atomic E-state index is 13.1. The summed E-state index contributed by atoms with van der Waals surface area (Å²) in [5.41, 5.74) is 7.63. The molecule has 0 radical (unpaired) electrons. The molecule has 18 heavy (non-hydrogen) atoms. The molecule has 2 aromatic rings. The fourth-order valence-corrected chi connectivity index (χ4v) is 2.72. The molecule has 0 heterocycles. The Bertz CT molecular complexity index is 528. The van der Waals surface area contributed by atoms with Gasteiger partial charge in [0.25, 0.3) is 0 Å². The zero-order valence-corrected chi connectivity index (χ0v) is 11.3. The normalized spacial score (nSPS) is 10.6. The summed E-state index contributed by atoms with van der Waals surface area (Å²) >= 11 is 7.48. The van der Waals surface area contributed by atoms with Gasteiger partial charge in [-0.05, 0) is 41.5 Å². The van der Waals surface area contributed by atoms with Crippen molar-refractivity contribution in [1.29, 1.82) is 0 Å². The van der Waals surface area contributed by atoms with E-state index < -0.39 is 0 Å². The highest BCUT2D eigenvalue weighted by atomic mass is 35.5. The monoisotopic (exact) mass is 281 g/mol. The van der Waals surface area contributed by atoms with Crippen LogP contribution in [0.4, 0.5) is 4.39 Å². The summed E-state index contributed by atoms with van der Waals surface area (Å²) < 4.78 is 13.1. The molecule has 0 fully saturated rings. The summed E-state index contributed by atoms with van der Waals surface area (Å²) in [5, 5.41) is 0.730. The van der Waals surface area contributed by atoms with E-state index in [1.165, 1.54) is 17.7 Å². The van der Waals surface area contributed by atoms with Gasteiger partial charge in [0.15, 0.2) is 0 Å². The van der Waals surface area contributed by atoms with Gasteiger partial charge in [-0.25, -0.2) is 4.39 Å². The Kier molecular flexibility index (Phi) is 4.64. The third kappa shape index (κ3) is 3.48. The maximum Gasteiger partial charge on any atom is 0.123 e. The maximum absolute atomic E-state index is 13.1. The first-order chi connectivity index (χ1) is 8.69. The fraction of sp³-hybridized carbons (Fsp3) is 0.143. The van der Waals surface area contributed by atoms with Crippen LogP contribution >= 0.6 is 23.4 Å². The van der Waals surface area contributed by atoms with Gasteiger partial charge in [-0.1, -0.05) is 23.7 Å². The molecule has 0 aromatic heterocycles. The minimum absolute atomic E-state index is 0.244. The third-order valence-corrected chi connectivity index (χ3v) is 3.99. The second-order valence-corrected chi connectivity index (χ2v) is 5.32. The van der Waals surface area contributed by atoms with Crippen molar-refractivity contribution >= 4 is 23.4 Å². The highest BCUT2D eigenvalue weighted by molar-refractivity contribution is 7.98. The van der Waals surface area contributed by atoms with E-state index in [9.17, 15) is 4.39 Å². The molecule has 2 N–H and O–H groups in total. The Labute approximate surface area is 115 Å². The molecule has 94 valence electrons. The summed E-state index contributed by atoms with van der Waals surface area (Å²) in [6, 6.07) is 12.4. The minimum atomic E-state index is -0.244. The van der Waals surface area contributed by atoms with Gasteiger partial charge in [0, 0.05) is 22.2 Å². The average Bonchev–Trinajstić information content (AvgIpc) is 2.39. The molecule has 0 spiro atoms. The number of thioether (sulfide) groups is 1.